The fourth-order valence-electron chi connectivity index (χ4n) is 2.86. The maximum atomic E-state index is 12.1. The Morgan fingerprint density at radius 2 is 2.11 bits per heavy atom. The Kier molecular flexibility index (Phi) is 6.69. The minimum atomic E-state index is 0.356. The molecule has 0 spiro atoms. The van der Waals surface area contributed by atoms with E-state index in [9.17, 15) is 4.79 Å². The van der Waals surface area contributed by atoms with Crippen LogP contribution < -0.4 is 5.32 Å². The highest BCUT2D eigenvalue weighted by atomic mass is 16.2. The standard InChI is InChI=1S/C15H30N2O/c1-5-6-13-7-8-15(18)17(10-9-13)11-14(16-4)12(2)3/h12-14,16H,5-11H2,1-4H3. The van der Waals surface area contributed by atoms with E-state index in [1.54, 1.807) is 0 Å². The Morgan fingerprint density at radius 1 is 1.39 bits per heavy atom. The van der Waals surface area contributed by atoms with Gasteiger partial charge in [0, 0.05) is 25.6 Å². The highest BCUT2D eigenvalue weighted by Crippen LogP contribution is 2.23. The van der Waals surface area contributed by atoms with Crippen LogP contribution in [0.15, 0.2) is 0 Å². The van der Waals surface area contributed by atoms with Crippen molar-refractivity contribution in [3.63, 3.8) is 0 Å². The van der Waals surface area contributed by atoms with E-state index in [2.05, 4.69) is 31.0 Å². The van der Waals surface area contributed by atoms with E-state index in [0.29, 0.717) is 17.9 Å². The molecule has 106 valence electrons. The number of nitrogens with zero attached hydrogens (tertiary/aromatic N) is 1. The summed E-state index contributed by atoms with van der Waals surface area (Å²) in [7, 11) is 1.99. The van der Waals surface area contributed by atoms with Gasteiger partial charge in [-0.2, -0.15) is 0 Å². The summed E-state index contributed by atoms with van der Waals surface area (Å²) in [5, 5.41) is 3.33. The lowest BCUT2D eigenvalue weighted by molar-refractivity contribution is -0.131. The highest BCUT2D eigenvalue weighted by Gasteiger charge is 2.24. The number of hydrogen-bond acceptors (Lipinski definition) is 2. The predicted molar refractivity (Wildman–Crippen MR) is 76.5 cm³/mol. The molecule has 0 aromatic rings. The van der Waals surface area contributed by atoms with Crippen LogP contribution in [0.4, 0.5) is 0 Å². The van der Waals surface area contributed by atoms with Crippen molar-refractivity contribution in [3.05, 3.63) is 0 Å². The molecule has 2 atom stereocenters. The number of rotatable bonds is 6. The van der Waals surface area contributed by atoms with Crippen LogP contribution in [0.25, 0.3) is 0 Å². The maximum Gasteiger partial charge on any atom is 0.222 e. The maximum absolute atomic E-state index is 12.1. The van der Waals surface area contributed by atoms with E-state index in [1.165, 1.54) is 19.3 Å². The second-order valence-electron chi connectivity index (χ2n) is 5.96. The quantitative estimate of drug-likeness (QED) is 0.790. The fourth-order valence-corrected chi connectivity index (χ4v) is 2.86. The largest absolute Gasteiger partial charge is 0.341 e. The average molecular weight is 254 g/mol. The van der Waals surface area contributed by atoms with E-state index in [-0.39, 0.29) is 0 Å². The molecule has 1 fully saturated rings. The van der Waals surface area contributed by atoms with Crippen molar-refractivity contribution in [2.45, 2.75) is 58.9 Å². The van der Waals surface area contributed by atoms with E-state index < -0.39 is 0 Å². The summed E-state index contributed by atoms with van der Waals surface area (Å²) < 4.78 is 0. The van der Waals surface area contributed by atoms with Gasteiger partial charge in [-0.1, -0.05) is 33.6 Å². The summed E-state index contributed by atoms with van der Waals surface area (Å²) >= 11 is 0. The van der Waals surface area contributed by atoms with Gasteiger partial charge in [0.15, 0.2) is 0 Å². The van der Waals surface area contributed by atoms with Gasteiger partial charge in [-0.05, 0) is 31.7 Å². The molecule has 3 heteroatoms. The Labute approximate surface area is 112 Å². The van der Waals surface area contributed by atoms with E-state index in [0.717, 1.165) is 31.8 Å². The van der Waals surface area contributed by atoms with Crippen molar-refractivity contribution < 1.29 is 4.79 Å². The lowest BCUT2D eigenvalue weighted by atomic mass is 9.96. The topological polar surface area (TPSA) is 32.3 Å². The molecule has 1 saturated heterocycles. The van der Waals surface area contributed by atoms with Gasteiger partial charge in [-0.3, -0.25) is 4.79 Å². The van der Waals surface area contributed by atoms with Crippen LogP contribution in [-0.4, -0.2) is 37.0 Å². The van der Waals surface area contributed by atoms with E-state index in [1.807, 2.05) is 7.05 Å². The third-order valence-electron chi connectivity index (χ3n) is 4.22. The van der Waals surface area contributed by atoms with E-state index >= 15 is 0 Å². The highest BCUT2D eigenvalue weighted by molar-refractivity contribution is 5.76. The fraction of sp³-hybridized carbons (Fsp3) is 0.933. The Bertz CT molecular complexity index is 253. The lowest BCUT2D eigenvalue weighted by Gasteiger charge is -2.28. The molecule has 1 rings (SSSR count). The van der Waals surface area contributed by atoms with Crippen molar-refractivity contribution in [3.8, 4) is 0 Å². The molecule has 0 aromatic carbocycles. The van der Waals surface area contributed by atoms with Crippen LogP contribution in [0, 0.1) is 11.8 Å². The normalized spacial score (nSPS) is 23.3. The van der Waals surface area contributed by atoms with Gasteiger partial charge in [0.05, 0.1) is 0 Å². The zero-order chi connectivity index (χ0) is 13.5. The third kappa shape index (κ3) is 4.60. The summed E-state index contributed by atoms with van der Waals surface area (Å²) in [5.74, 6) is 1.68. The first kappa shape index (κ1) is 15.5. The number of likely N-dealkylation sites (N-methyl/N-ethyl adjacent to an activating group) is 1. The molecule has 0 aliphatic carbocycles. The Hall–Kier alpha value is -0.570. The molecule has 1 amide bonds. The van der Waals surface area contributed by atoms with Gasteiger partial charge in [0.25, 0.3) is 0 Å². The molecule has 0 radical (unpaired) electrons. The van der Waals surface area contributed by atoms with Crippen LogP contribution in [0.5, 0.6) is 0 Å². The molecule has 0 aromatic heterocycles. The summed E-state index contributed by atoms with van der Waals surface area (Å²) in [5.41, 5.74) is 0. The van der Waals surface area contributed by atoms with Crippen LogP contribution in [-0.2, 0) is 4.79 Å². The number of carbonyl (C=O) groups is 1. The monoisotopic (exact) mass is 254 g/mol. The second kappa shape index (κ2) is 7.78. The second-order valence-corrected chi connectivity index (χ2v) is 5.96. The van der Waals surface area contributed by atoms with Gasteiger partial charge in [0.2, 0.25) is 5.91 Å². The molecule has 0 bridgehead atoms. The minimum absolute atomic E-state index is 0.356. The smallest absolute Gasteiger partial charge is 0.222 e. The molecule has 0 saturated carbocycles. The number of nitrogens with one attached hydrogen (secondary N) is 1. The molecular weight excluding hydrogens is 224 g/mol. The summed E-state index contributed by atoms with van der Waals surface area (Å²) in [6, 6.07) is 0.414. The lowest BCUT2D eigenvalue weighted by Crippen LogP contribution is -2.45. The summed E-state index contributed by atoms with van der Waals surface area (Å²) in [6.07, 6.45) is 5.55. The van der Waals surface area contributed by atoms with Crippen molar-refractivity contribution >= 4 is 5.91 Å². The molecule has 2 unspecified atom stereocenters. The molecule has 3 nitrogen and oxygen atoms in total. The molecule has 18 heavy (non-hydrogen) atoms. The van der Waals surface area contributed by atoms with Crippen LogP contribution >= 0.6 is 0 Å². The van der Waals surface area contributed by atoms with Crippen LogP contribution in [0.3, 0.4) is 0 Å². The first-order chi connectivity index (χ1) is 8.58. The number of carbonyl (C=O) groups excluding carboxylic acids is 1. The van der Waals surface area contributed by atoms with Crippen molar-refractivity contribution in [1.29, 1.82) is 0 Å². The molecule has 1 aliphatic rings. The first-order valence-electron chi connectivity index (χ1n) is 7.53. The molecule has 1 N–H and O–H groups in total. The van der Waals surface area contributed by atoms with Gasteiger partial charge < -0.3 is 10.2 Å². The Morgan fingerprint density at radius 3 is 2.67 bits per heavy atom. The van der Waals surface area contributed by atoms with Crippen LogP contribution in [0.2, 0.25) is 0 Å². The zero-order valence-electron chi connectivity index (χ0n) is 12.5. The van der Waals surface area contributed by atoms with Crippen molar-refractivity contribution in [2.75, 3.05) is 20.1 Å². The Balaban J connectivity index is 2.52. The summed E-state index contributed by atoms with van der Waals surface area (Å²) in [6.45, 7) is 8.48. The number of amides is 1. The van der Waals surface area contributed by atoms with Crippen molar-refractivity contribution in [1.82, 2.24) is 10.2 Å². The zero-order valence-corrected chi connectivity index (χ0v) is 12.5. The number of hydrogen-bond donors (Lipinski definition) is 1. The van der Waals surface area contributed by atoms with E-state index in [4.69, 9.17) is 0 Å². The summed E-state index contributed by atoms with van der Waals surface area (Å²) in [4.78, 5) is 14.2. The van der Waals surface area contributed by atoms with Gasteiger partial charge in [-0.25, -0.2) is 0 Å². The first-order valence-corrected chi connectivity index (χ1v) is 7.53. The number of likely N-dealkylation sites (tertiary alicyclic amines) is 1. The van der Waals surface area contributed by atoms with Gasteiger partial charge in [-0.15, -0.1) is 0 Å². The molecule has 1 heterocycles. The molecule has 1 aliphatic heterocycles. The average Bonchev–Trinajstić information content (AvgIpc) is 2.50. The van der Waals surface area contributed by atoms with Gasteiger partial charge in [0.1, 0.15) is 0 Å². The SMILES string of the molecule is CCCC1CCC(=O)N(CC(NC)C(C)C)CC1. The molecular formula is C15H30N2O. The predicted octanol–water partition coefficient (Wildman–Crippen LogP) is 2.66. The van der Waals surface area contributed by atoms with Crippen molar-refractivity contribution in [2.24, 2.45) is 11.8 Å². The minimum Gasteiger partial charge on any atom is -0.341 e. The van der Waals surface area contributed by atoms with Gasteiger partial charge >= 0.3 is 0 Å². The van der Waals surface area contributed by atoms with Crippen LogP contribution in [0.1, 0.15) is 52.9 Å². The third-order valence-corrected chi connectivity index (χ3v) is 4.22.